The molecule has 0 radical (unpaired) electrons. The van der Waals surface area contributed by atoms with Gasteiger partial charge in [0.25, 0.3) is 0 Å². The summed E-state index contributed by atoms with van der Waals surface area (Å²) in [5.74, 6) is -1.82. The van der Waals surface area contributed by atoms with Crippen LogP contribution in [0, 0.1) is 0 Å². The van der Waals surface area contributed by atoms with Gasteiger partial charge < -0.3 is 10.1 Å². The van der Waals surface area contributed by atoms with Gasteiger partial charge in [0.2, 0.25) is 15.9 Å². The minimum Gasteiger partial charge on any atom is -0.456 e. The highest BCUT2D eigenvalue weighted by Gasteiger charge is 2.24. The number of amides is 1. The highest BCUT2D eigenvalue weighted by atomic mass is 32.2. The summed E-state index contributed by atoms with van der Waals surface area (Å²) in [7, 11) is -2.77. The maximum Gasteiger partial charge on any atom is 0.321 e. The van der Waals surface area contributed by atoms with E-state index in [2.05, 4.69) is 5.32 Å². The molecule has 0 bridgehead atoms. The average Bonchev–Trinajstić information content (AvgIpc) is 2.72. The Morgan fingerprint density at radius 3 is 1.97 bits per heavy atom. The van der Waals surface area contributed by atoms with Gasteiger partial charge >= 0.3 is 5.97 Å². The fourth-order valence-corrected chi connectivity index (χ4v) is 3.64. The maximum atomic E-state index is 12.6. The molecule has 2 aromatic rings. The van der Waals surface area contributed by atoms with E-state index < -0.39 is 34.9 Å². The third kappa shape index (κ3) is 6.56. The largest absolute Gasteiger partial charge is 0.456 e. The molecule has 2 aromatic carbocycles. The monoisotopic (exact) mass is 446 g/mol. The third-order valence-electron chi connectivity index (χ3n) is 4.21. The number of ether oxygens (including phenoxy) is 1. The van der Waals surface area contributed by atoms with Crippen LogP contribution in [0.1, 0.15) is 34.6 Å². The Labute approximate surface area is 180 Å². The lowest BCUT2D eigenvalue weighted by Gasteiger charge is -2.16. The van der Waals surface area contributed by atoms with E-state index in [1.54, 1.807) is 0 Å². The fraction of sp³-hybridized carbons (Fsp3) is 0.238. The van der Waals surface area contributed by atoms with Crippen LogP contribution < -0.4 is 5.32 Å². The molecule has 0 aliphatic carbocycles. The zero-order valence-corrected chi connectivity index (χ0v) is 18.1. The summed E-state index contributed by atoms with van der Waals surface area (Å²) in [5.41, 5.74) is 1.15. The molecule has 1 N–H and O–H groups in total. The van der Waals surface area contributed by atoms with E-state index in [1.807, 2.05) is 0 Å². The second kappa shape index (κ2) is 10.1. The van der Waals surface area contributed by atoms with Crippen LogP contribution in [0.15, 0.2) is 53.4 Å². The number of carbonyl (C=O) groups excluding carboxylic acids is 4. The summed E-state index contributed by atoms with van der Waals surface area (Å²) < 4.78 is 30.8. The first-order valence-electron chi connectivity index (χ1n) is 9.14. The Bertz CT molecular complexity index is 1090. The minimum absolute atomic E-state index is 0.0804. The van der Waals surface area contributed by atoms with Crippen LogP contribution in [0.4, 0.5) is 5.69 Å². The molecule has 0 saturated carbocycles. The fourth-order valence-electron chi connectivity index (χ4n) is 2.53. The highest BCUT2D eigenvalue weighted by Crippen LogP contribution is 2.16. The van der Waals surface area contributed by atoms with Gasteiger partial charge in [0.1, 0.15) is 6.54 Å². The molecule has 0 unspecified atom stereocenters. The van der Waals surface area contributed by atoms with E-state index in [1.165, 1.54) is 69.4 Å². The summed E-state index contributed by atoms with van der Waals surface area (Å²) in [4.78, 5) is 46.4. The number of nitrogens with zero attached hydrogens (tertiary/aromatic N) is 1. The van der Waals surface area contributed by atoms with Crippen molar-refractivity contribution in [2.24, 2.45) is 0 Å². The second-order valence-corrected chi connectivity index (χ2v) is 8.73. The lowest BCUT2D eigenvalue weighted by Crippen LogP contribution is -2.33. The first-order valence-corrected chi connectivity index (χ1v) is 10.6. The number of carbonyl (C=O) groups is 4. The standard InChI is InChI=1S/C21H22N2O7S/c1-14(24)16-6-10-19(11-7-16)31(28,29)23(3)12-21(27)30-13-20(26)17-4-8-18(9-5-17)22-15(2)25/h4-11H,12-13H2,1-3H3,(H,22,25). The van der Waals surface area contributed by atoms with E-state index in [9.17, 15) is 27.6 Å². The number of rotatable bonds is 9. The Kier molecular flexibility index (Phi) is 7.78. The van der Waals surface area contributed by atoms with E-state index in [0.717, 1.165) is 4.31 Å². The summed E-state index contributed by atoms with van der Waals surface area (Å²) >= 11 is 0. The van der Waals surface area contributed by atoms with Gasteiger partial charge in [-0.15, -0.1) is 0 Å². The van der Waals surface area contributed by atoms with Gasteiger partial charge in [0, 0.05) is 30.8 Å². The molecular formula is C21H22N2O7S. The molecule has 0 aliphatic rings. The van der Waals surface area contributed by atoms with Crippen molar-refractivity contribution in [3.8, 4) is 0 Å². The second-order valence-electron chi connectivity index (χ2n) is 6.68. The molecule has 2 rings (SSSR count). The van der Waals surface area contributed by atoms with Crippen molar-refractivity contribution in [1.29, 1.82) is 0 Å². The first-order chi connectivity index (χ1) is 14.5. The van der Waals surface area contributed by atoms with Gasteiger partial charge in [0.15, 0.2) is 18.2 Å². The number of nitrogens with one attached hydrogen (secondary N) is 1. The number of anilines is 1. The Morgan fingerprint density at radius 1 is 0.903 bits per heavy atom. The van der Waals surface area contributed by atoms with Crippen molar-refractivity contribution in [3.63, 3.8) is 0 Å². The molecule has 9 nitrogen and oxygen atoms in total. The number of ketones is 2. The molecule has 0 aromatic heterocycles. The van der Waals surface area contributed by atoms with Crippen LogP contribution in [0.5, 0.6) is 0 Å². The lowest BCUT2D eigenvalue weighted by molar-refractivity contribution is -0.142. The zero-order valence-electron chi connectivity index (χ0n) is 17.2. The van der Waals surface area contributed by atoms with E-state index in [-0.39, 0.29) is 22.1 Å². The minimum atomic E-state index is -3.98. The smallest absolute Gasteiger partial charge is 0.321 e. The van der Waals surface area contributed by atoms with Crippen LogP contribution in [-0.4, -0.2) is 56.4 Å². The van der Waals surface area contributed by atoms with Crippen molar-refractivity contribution in [2.45, 2.75) is 18.7 Å². The molecule has 0 saturated heterocycles. The zero-order chi connectivity index (χ0) is 23.2. The van der Waals surface area contributed by atoms with Crippen LogP contribution in [0.2, 0.25) is 0 Å². The van der Waals surface area contributed by atoms with Gasteiger partial charge in [-0.25, -0.2) is 8.42 Å². The van der Waals surface area contributed by atoms with Crippen LogP contribution in [0.3, 0.4) is 0 Å². The third-order valence-corrected chi connectivity index (χ3v) is 6.03. The van der Waals surface area contributed by atoms with Crippen LogP contribution in [-0.2, 0) is 24.3 Å². The lowest BCUT2D eigenvalue weighted by atomic mass is 10.1. The average molecular weight is 446 g/mol. The van der Waals surface area contributed by atoms with Crippen LogP contribution in [0.25, 0.3) is 0 Å². The Morgan fingerprint density at radius 2 is 1.45 bits per heavy atom. The predicted molar refractivity (Wildman–Crippen MR) is 112 cm³/mol. The number of benzene rings is 2. The quantitative estimate of drug-likeness (QED) is 0.460. The number of likely N-dealkylation sites (N-methyl/N-ethyl adjacent to an activating group) is 1. The first kappa shape index (κ1) is 23.9. The normalized spacial score (nSPS) is 11.1. The summed E-state index contributed by atoms with van der Waals surface area (Å²) in [6.07, 6.45) is 0. The molecule has 0 heterocycles. The van der Waals surface area contributed by atoms with Crippen molar-refractivity contribution in [2.75, 3.05) is 25.5 Å². The van der Waals surface area contributed by atoms with Gasteiger partial charge in [-0.3, -0.25) is 19.2 Å². The topological polar surface area (TPSA) is 127 Å². The molecule has 0 fully saturated rings. The number of sulfonamides is 1. The van der Waals surface area contributed by atoms with Gasteiger partial charge in [-0.1, -0.05) is 12.1 Å². The predicted octanol–water partition coefficient (Wildman–Crippen LogP) is 1.89. The molecule has 1 amide bonds. The maximum absolute atomic E-state index is 12.6. The van der Waals surface area contributed by atoms with Gasteiger partial charge in [-0.2, -0.15) is 4.31 Å². The van der Waals surface area contributed by atoms with Crippen molar-refractivity contribution in [3.05, 3.63) is 59.7 Å². The molecule has 10 heteroatoms. The van der Waals surface area contributed by atoms with Crippen molar-refractivity contribution >= 4 is 39.2 Å². The van der Waals surface area contributed by atoms with E-state index in [4.69, 9.17) is 4.74 Å². The van der Waals surface area contributed by atoms with E-state index >= 15 is 0 Å². The summed E-state index contributed by atoms with van der Waals surface area (Å²) in [6.45, 7) is 1.58. The number of hydrogen-bond acceptors (Lipinski definition) is 7. The van der Waals surface area contributed by atoms with Gasteiger partial charge in [-0.05, 0) is 43.3 Å². The van der Waals surface area contributed by atoms with E-state index in [0.29, 0.717) is 11.3 Å². The molecule has 164 valence electrons. The Balaban J connectivity index is 1.93. The number of Topliss-reactive ketones (excluding diaryl/α,β-unsaturated/α-hetero) is 2. The number of esters is 1. The Hall–Kier alpha value is -3.37. The molecular weight excluding hydrogens is 424 g/mol. The molecule has 31 heavy (non-hydrogen) atoms. The molecule has 0 atom stereocenters. The SMILES string of the molecule is CC(=O)Nc1ccc(C(=O)COC(=O)CN(C)S(=O)(=O)c2ccc(C(C)=O)cc2)cc1. The molecule has 0 aliphatic heterocycles. The molecule has 0 spiro atoms. The highest BCUT2D eigenvalue weighted by molar-refractivity contribution is 7.89. The van der Waals surface area contributed by atoms with Crippen molar-refractivity contribution in [1.82, 2.24) is 4.31 Å². The van der Waals surface area contributed by atoms with Gasteiger partial charge in [0.05, 0.1) is 4.90 Å². The number of hydrogen-bond donors (Lipinski definition) is 1. The summed E-state index contributed by atoms with van der Waals surface area (Å²) in [6, 6.07) is 11.4. The van der Waals surface area contributed by atoms with Crippen molar-refractivity contribution < 1.29 is 32.3 Å². The van der Waals surface area contributed by atoms with Crippen LogP contribution >= 0.6 is 0 Å². The summed E-state index contributed by atoms with van der Waals surface area (Å²) in [5, 5.41) is 2.56.